The zero-order chi connectivity index (χ0) is 14.5. The van der Waals surface area contributed by atoms with Crippen molar-refractivity contribution in [1.82, 2.24) is 19.9 Å². The number of ether oxygens (including phenoxy) is 1. The molecule has 1 aliphatic rings. The molecule has 2 rings (SSSR count). The minimum absolute atomic E-state index is 0.0195. The van der Waals surface area contributed by atoms with E-state index in [1.165, 1.54) is 6.42 Å². The Kier molecular flexibility index (Phi) is 4.94. The van der Waals surface area contributed by atoms with Gasteiger partial charge in [0, 0.05) is 26.2 Å². The molecular formula is C13H24N6O. The summed E-state index contributed by atoms with van der Waals surface area (Å²) in [5.41, 5.74) is 5.74. The summed E-state index contributed by atoms with van der Waals surface area (Å²) in [4.78, 5) is 17.2. The molecule has 0 saturated carbocycles. The lowest BCUT2D eigenvalue weighted by atomic mass is 10.3. The fourth-order valence-corrected chi connectivity index (χ4v) is 2.25. The molecule has 1 aromatic heterocycles. The highest BCUT2D eigenvalue weighted by molar-refractivity contribution is 5.36. The summed E-state index contributed by atoms with van der Waals surface area (Å²) in [6, 6.07) is 0.304. The van der Waals surface area contributed by atoms with E-state index in [9.17, 15) is 0 Å². The topological polar surface area (TPSA) is 80.4 Å². The van der Waals surface area contributed by atoms with Crippen molar-refractivity contribution in [3.05, 3.63) is 0 Å². The van der Waals surface area contributed by atoms with Crippen LogP contribution >= 0.6 is 0 Å². The molecule has 1 aromatic rings. The largest absolute Gasteiger partial charge is 0.461 e. The normalized spacial score (nSPS) is 16.7. The number of nitrogen functional groups attached to an aromatic ring is 1. The standard InChI is InChI=1S/C13H24N6O/c1-4-5-18-6-8-19(9-7-18)12-15-11(14)16-13(17-12)20-10(2)3/h10H,4-9H2,1-3H3,(H2,14,15,16,17). The first-order chi connectivity index (χ1) is 9.58. The van der Waals surface area contributed by atoms with Crippen molar-refractivity contribution in [3.8, 4) is 6.01 Å². The highest BCUT2D eigenvalue weighted by Crippen LogP contribution is 2.16. The molecular weight excluding hydrogens is 256 g/mol. The van der Waals surface area contributed by atoms with Crippen LogP contribution in [0.3, 0.4) is 0 Å². The van der Waals surface area contributed by atoms with E-state index in [0.717, 1.165) is 32.7 Å². The van der Waals surface area contributed by atoms with Gasteiger partial charge in [-0.05, 0) is 26.8 Å². The van der Waals surface area contributed by atoms with Crippen molar-refractivity contribution >= 4 is 11.9 Å². The summed E-state index contributed by atoms with van der Waals surface area (Å²) in [7, 11) is 0. The highest BCUT2D eigenvalue weighted by atomic mass is 16.5. The maximum absolute atomic E-state index is 5.74. The molecule has 20 heavy (non-hydrogen) atoms. The van der Waals surface area contributed by atoms with E-state index in [0.29, 0.717) is 12.0 Å². The first kappa shape index (κ1) is 14.8. The summed E-state index contributed by atoms with van der Waals surface area (Å²) >= 11 is 0. The minimum atomic E-state index is 0.0195. The highest BCUT2D eigenvalue weighted by Gasteiger charge is 2.20. The van der Waals surface area contributed by atoms with Crippen molar-refractivity contribution in [1.29, 1.82) is 0 Å². The average molecular weight is 280 g/mol. The Morgan fingerprint density at radius 1 is 1.15 bits per heavy atom. The van der Waals surface area contributed by atoms with Crippen LogP contribution in [0.5, 0.6) is 6.01 Å². The van der Waals surface area contributed by atoms with Crippen molar-refractivity contribution < 1.29 is 4.74 Å². The molecule has 0 aliphatic carbocycles. The van der Waals surface area contributed by atoms with Crippen molar-refractivity contribution in [2.24, 2.45) is 0 Å². The Balaban J connectivity index is 2.03. The molecule has 0 radical (unpaired) electrons. The van der Waals surface area contributed by atoms with Gasteiger partial charge in [0.2, 0.25) is 11.9 Å². The predicted molar refractivity (Wildman–Crippen MR) is 78.9 cm³/mol. The van der Waals surface area contributed by atoms with Crippen LogP contribution in [0.15, 0.2) is 0 Å². The number of nitrogens with zero attached hydrogens (tertiary/aromatic N) is 5. The predicted octanol–water partition coefficient (Wildman–Crippen LogP) is 0.773. The van der Waals surface area contributed by atoms with E-state index < -0.39 is 0 Å². The fraction of sp³-hybridized carbons (Fsp3) is 0.769. The number of hydrogen-bond acceptors (Lipinski definition) is 7. The van der Waals surface area contributed by atoms with Gasteiger partial charge in [0.15, 0.2) is 0 Å². The monoisotopic (exact) mass is 280 g/mol. The second-order valence-electron chi connectivity index (χ2n) is 5.27. The molecule has 2 heterocycles. The third kappa shape index (κ3) is 3.93. The quantitative estimate of drug-likeness (QED) is 0.853. The van der Waals surface area contributed by atoms with Gasteiger partial charge >= 0.3 is 6.01 Å². The molecule has 1 saturated heterocycles. The van der Waals surface area contributed by atoms with Gasteiger partial charge in [0.1, 0.15) is 0 Å². The summed E-state index contributed by atoms with van der Waals surface area (Å²) in [5, 5.41) is 0. The van der Waals surface area contributed by atoms with E-state index in [1.54, 1.807) is 0 Å². The molecule has 7 heteroatoms. The Bertz CT molecular complexity index is 431. The van der Waals surface area contributed by atoms with Gasteiger partial charge in [-0.15, -0.1) is 0 Å². The van der Waals surface area contributed by atoms with Gasteiger partial charge < -0.3 is 15.4 Å². The van der Waals surface area contributed by atoms with E-state index in [4.69, 9.17) is 10.5 Å². The molecule has 1 aliphatic heterocycles. The Labute approximate surface area is 120 Å². The molecule has 0 bridgehead atoms. The summed E-state index contributed by atoms with van der Waals surface area (Å²) in [6.07, 6.45) is 1.21. The molecule has 0 spiro atoms. The average Bonchev–Trinajstić information content (AvgIpc) is 2.38. The second kappa shape index (κ2) is 6.69. The van der Waals surface area contributed by atoms with Crippen LogP contribution in [0, 0.1) is 0 Å². The maximum Gasteiger partial charge on any atom is 0.323 e. The molecule has 2 N–H and O–H groups in total. The van der Waals surface area contributed by atoms with Crippen LogP contribution < -0.4 is 15.4 Å². The second-order valence-corrected chi connectivity index (χ2v) is 5.27. The van der Waals surface area contributed by atoms with Crippen molar-refractivity contribution in [2.75, 3.05) is 43.4 Å². The Morgan fingerprint density at radius 3 is 2.45 bits per heavy atom. The zero-order valence-electron chi connectivity index (χ0n) is 12.5. The van der Waals surface area contributed by atoms with Crippen LogP contribution in [0.2, 0.25) is 0 Å². The number of piperazine rings is 1. The first-order valence-corrected chi connectivity index (χ1v) is 7.24. The van der Waals surface area contributed by atoms with Crippen molar-refractivity contribution in [2.45, 2.75) is 33.3 Å². The summed E-state index contributed by atoms with van der Waals surface area (Å²) in [6.45, 7) is 11.1. The van der Waals surface area contributed by atoms with Gasteiger partial charge in [-0.3, -0.25) is 4.90 Å². The molecule has 112 valence electrons. The van der Waals surface area contributed by atoms with Gasteiger partial charge in [-0.1, -0.05) is 6.92 Å². The van der Waals surface area contributed by atoms with Crippen LogP contribution in [0.4, 0.5) is 11.9 Å². The van der Waals surface area contributed by atoms with Gasteiger partial charge in [-0.2, -0.15) is 15.0 Å². The number of aromatic nitrogens is 3. The van der Waals surface area contributed by atoms with Gasteiger partial charge in [0.05, 0.1) is 6.10 Å². The smallest absolute Gasteiger partial charge is 0.323 e. The molecule has 0 unspecified atom stereocenters. The third-order valence-corrected chi connectivity index (χ3v) is 3.16. The zero-order valence-corrected chi connectivity index (χ0v) is 12.5. The van der Waals surface area contributed by atoms with E-state index in [1.807, 2.05) is 13.8 Å². The number of nitrogens with two attached hydrogens (primary N) is 1. The van der Waals surface area contributed by atoms with Gasteiger partial charge in [-0.25, -0.2) is 0 Å². The number of rotatable bonds is 5. The maximum atomic E-state index is 5.74. The number of hydrogen-bond donors (Lipinski definition) is 1. The Hall–Kier alpha value is -1.63. The van der Waals surface area contributed by atoms with E-state index in [-0.39, 0.29) is 12.1 Å². The van der Waals surface area contributed by atoms with Crippen LogP contribution in [0.1, 0.15) is 27.2 Å². The Morgan fingerprint density at radius 2 is 1.85 bits per heavy atom. The first-order valence-electron chi connectivity index (χ1n) is 7.24. The summed E-state index contributed by atoms with van der Waals surface area (Å²) < 4.78 is 5.51. The van der Waals surface area contributed by atoms with Gasteiger partial charge in [0.25, 0.3) is 0 Å². The molecule has 7 nitrogen and oxygen atoms in total. The van der Waals surface area contributed by atoms with Crippen LogP contribution in [-0.4, -0.2) is 58.7 Å². The molecule has 0 aromatic carbocycles. The molecule has 0 atom stereocenters. The lowest BCUT2D eigenvalue weighted by Crippen LogP contribution is -2.47. The fourth-order valence-electron chi connectivity index (χ4n) is 2.25. The lowest BCUT2D eigenvalue weighted by molar-refractivity contribution is 0.221. The van der Waals surface area contributed by atoms with Crippen LogP contribution in [-0.2, 0) is 0 Å². The van der Waals surface area contributed by atoms with Crippen molar-refractivity contribution in [3.63, 3.8) is 0 Å². The van der Waals surface area contributed by atoms with E-state index >= 15 is 0 Å². The number of anilines is 2. The summed E-state index contributed by atoms with van der Waals surface area (Å²) in [5.74, 6) is 0.825. The third-order valence-electron chi connectivity index (χ3n) is 3.16. The minimum Gasteiger partial charge on any atom is -0.461 e. The molecule has 0 amide bonds. The SMILES string of the molecule is CCCN1CCN(c2nc(N)nc(OC(C)C)n2)CC1. The molecule has 1 fully saturated rings. The van der Waals surface area contributed by atoms with E-state index in [2.05, 4.69) is 31.7 Å². The van der Waals surface area contributed by atoms with Crippen LogP contribution in [0.25, 0.3) is 0 Å². The lowest BCUT2D eigenvalue weighted by Gasteiger charge is -2.34.